The summed E-state index contributed by atoms with van der Waals surface area (Å²) in [6, 6.07) is 5.55. The van der Waals surface area contributed by atoms with E-state index < -0.39 is 22.6 Å². The number of carboxylic acid groups (broad SMARTS) is 1. The molecule has 20 heavy (non-hydrogen) atoms. The van der Waals surface area contributed by atoms with Gasteiger partial charge in [0.1, 0.15) is 12.7 Å². The fraction of sp³-hybridized carbons (Fsp3) is 0.273. The summed E-state index contributed by atoms with van der Waals surface area (Å²) in [5, 5.41) is 17.1. The lowest BCUT2D eigenvalue weighted by molar-refractivity contribution is -0.142. The van der Waals surface area contributed by atoms with Crippen molar-refractivity contribution in [3.8, 4) is 6.07 Å². The first-order valence-corrected chi connectivity index (χ1v) is 7.22. The van der Waals surface area contributed by atoms with E-state index in [1.807, 2.05) is 6.07 Å². The molecule has 0 aliphatic rings. The number of hydrogen-bond acceptors (Lipinski definition) is 5. The molecule has 108 valence electrons. The van der Waals surface area contributed by atoms with Gasteiger partial charge in [-0.05, 0) is 18.2 Å². The topological polar surface area (TPSA) is 116 Å². The number of halogens is 1. The number of benzene rings is 1. The van der Waals surface area contributed by atoms with Crippen LogP contribution in [-0.4, -0.2) is 39.3 Å². The Morgan fingerprint density at radius 2 is 2.20 bits per heavy atom. The summed E-state index contributed by atoms with van der Waals surface area (Å²) in [7, 11) is -3.78. The molecule has 0 aliphatic heterocycles. The molecular weight excluding hydrogens is 308 g/mol. The third-order valence-electron chi connectivity index (χ3n) is 2.14. The Morgan fingerprint density at radius 1 is 1.50 bits per heavy atom. The summed E-state index contributed by atoms with van der Waals surface area (Å²) in [5.41, 5.74) is 0.176. The van der Waals surface area contributed by atoms with Crippen molar-refractivity contribution < 1.29 is 23.1 Å². The number of aliphatic carboxylic acids is 1. The summed E-state index contributed by atoms with van der Waals surface area (Å²) < 4.78 is 30.6. The fourth-order valence-corrected chi connectivity index (χ4v) is 2.57. The van der Waals surface area contributed by atoms with E-state index in [-0.39, 0.29) is 28.6 Å². The van der Waals surface area contributed by atoms with Crippen molar-refractivity contribution in [2.75, 3.05) is 19.8 Å². The largest absolute Gasteiger partial charge is 0.480 e. The summed E-state index contributed by atoms with van der Waals surface area (Å²) in [6.45, 7) is -0.646. The smallest absolute Gasteiger partial charge is 0.329 e. The quantitative estimate of drug-likeness (QED) is 0.711. The maximum absolute atomic E-state index is 11.9. The van der Waals surface area contributed by atoms with Gasteiger partial charge < -0.3 is 9.84 Å². The number of nitriles is 1. The van der Waals surface area contributed by atoms with Crippen LogP contribution >= 0.6 is 11.6 Å². The molecule has 0 amide bonds. The second-order valence-corrected chi connectivity index (χ2v) is 5.77. The first-order chi connectivity index (χ1) is 9.36. The van der Waals surface area contributed by atoms with Crippen LogP contribution in [-0.2, 0) is 19.6 Å². The molecule has 0 bridgehead atoms. The summed E-state index contributed by atoms with van der Waals surface area (Å²) in [5.74, 6) is -1.13. The highest BCUT2D eigenvalue weighted by molar-refractivity contribution is 7.89. The first-order valence-electron chi connectivity index (χ1n) is 5.35. The number of sulfonamides is 1. The molecule has 2 N–H and O–H groups in total. The van der Waals surface area contributed by atoms with Gasteiger partial charge >= 0.3 is 5.97 Å². The Labute approximate surface area is 120 Å². The molecule has 0 aromatic heterocycles. The van der Waals surface area contributed by atoms with Crippen LogP contribution in [0, 0.1) is 11.3 Å². The monoisotopic (exact) mass is 318 g/mol. The van der Waals surface area contributed by atoms with Gasteiger partial charge in [-0.25, -0.2) is 17.9 Å². The molecule has 0 spiro atoms. The van der Waals surface area contributed by atoms with E-state index in [0.717, 1.165) is 0 Å². The molecule has 0 heterocycles. The van der Waals surface area contributed by atoms with Crippen LogP contribution < -0.4 is 4.72 Å². The zero-order valence-corrected chi connectivity index (χ0v) is 11.7. The van der Waals surface area contributed by atoms with Gasteiger partial charge in [-0.1, -0.05) is 11.6 Å². The number of rotatable bonds is 7. The van der Waals surface area contributed by atoms with Crippen molar-refractivity contribution in [1.82, 2.24) is 4.72 Å². The average molecular weight is 319 g/mol. The molecule has 9 heteroatoms. The highest BCUT2D eigenvalue weighted by Gasteiger charge is 2.15. The molecule has 1 aromatic rings. The van der Waals surface area contributed by atoms with Gasteiger partial charge in [-0.2, -0.15) is 5.26 Å². The van der Waals surface area contributed by atoms with Crippen LogP contribution in [0.4, 0.5) is 0 Å². The lowest BCUT2D eigenvalue weighted by Gasteiger charge is -2.07. The Morgan fingerprint density at radius 3 is 2.75 bits per heavy atom. The van der Waals surface area contributed by atoms with Crippen molar-refractivity contribution in [3.05, 3.63) is 28.8 Å². The van der Waals surface area contributed by atoms with Gasteiger partial charge in [0.2, 0.25) is 10.0 Å². The fourth-order valence-electron chi connectivity index (χ4n) is 1.24. The molecule has 7 nitrogen and oxygen atoms in total. The number of ether oxygens (including phenoxy) is 1. The highest BCUT2D eigenvalue weighted by atomic mass is 35.5. The minimum atomic E-state index is -3.78. The Kier molecular flexibility index (Phi) is 5.91. The molecule has 0 aliphatic carbocycles. The van der Waals surface area contributed by atoms with Crippen LogP contribution in [0.2, 0.25) is 5.02 Å². The van der Waals surface area contributed by atoms with E-state index in [1.54, 1.807) is 0 Å². The molecule has 0 fully saturated rings. The Bertz CT molecular complexity index is 639. The van der Waals surface area contributed by atoms with E-state index >= 15 is 0 Å². The van der Waals surface area contributed by atoms with Gasteiger partial charge in [0, 0.05) is 6.54 Å². The molecule has 0 saturated heterocycles. The second-order valence-electron chi connectivity index (χ2n) is 3.60. The third kappa shape index (κ3) is 4.79. The standard InChI is InChI=1S/C11H11ClN2O5S/c12-10-5-9(2-1-8(10)6-13)20(17,18)14-3-4-19-7-11(15)16/h1-2,5,14H,3-4,7H2,(H,15,16). The van der Waals surface area contributed by atoms with Gasteiger partial charge in [0.15, 0.2) is 0 Å². The number of hydrogen-bond donors (Lipinski definition) is 2. The minimum Gasteiger partial charge on any atom is -0.480 e. The molecular formula is C11H11ClN2O5S. The van der Waals surface area contributed by atoms with Crippen LogP contribution in [0.25, 0.3) is 0 Å². The minimum absolute atomic E-state index is 0.0394. The van der Waals surface area contributed by atoms with Crippen LogP contribution in [0.3, 0.4) is 0 Å². The zero-order chi connectivity index (χ0) is 15.2. The first kappa shape index (κ1) is 16.4. The van der Waals surface area contributed by atoms with E-state index in [9.17, 15) is 13.2 Å². The predicted molar refractivity (Wildman–Crippen MR) is 69.8 cm³/mol. The van der Waals surface area contributed by atoms with Gasteiger partial charge in [-0.3, -0.25) is 0 Å². The van der Waals surface area contributed by atoms with E-state index in [2.05, 4.69) is 4.72 Å². The van der Waals surface area contributed by atoms with Gasteiger partial charge in [0.05, 0.1) is 22.1 Å². The molecule has 0 saturated carbocycles. The summed E-state index contributed by atoms with van der Waals surface area (Å²) in [6.07, 6.45) is 0. The molecule has 1 rings (SSSR count). The highest BCUT2D eigenvalue weighted by Crippen LogP contribution is 2.19. The zero-order valence-electron chi connectivity index (χ0n) is 10.2. The average Bonchev–Trinajstić information content (AvgIpc) is 2.37. The lowest BCUT2D eigenvalue weighted by Crippen LogP contribution is -2.28. The normalized spacial score (nSPS) is 11.0. The Balaban J connectivity index is 2.63. The van der Waals surface area contributed by atoms with Crippen molar-refractivity contribution in [2.24, 2.45) is 0 Å². The van der Waals surface area contributed by atoms with E-state index in [0.29, 0.717) is 0 Å². The molecule has 0 atom stereocenters. The van der Waals surface area contributed by atoms with Crippen LogP contribution in [0.15, 0.2) is 23.1 Å². The summed E-state index contributed by atoms with van der Waals surface area (Å²) >= 11 is 5.75. The maximum atomic E-state index is 11.9. The van der Waals surface area contributed by atoms with Crippen molar-refractivity contribution >= 4 is 27.6 Å². The lowest BCUT2D eigenvalue weighted by atomic mass is 10.2. The maximum Gasteiger partial charge on any atom is 0.329 e. The molecule has 1 aromatic carbocycles. The number of nitrogens with zero attached hydrogens (tertiary/aromatic N) is 1. The van der Waals surface area contributed by atoms with E-state index in [4.69, 9.17) is 26.7 Å². The van der Waals surface area contributed by atoms with E-state index in [1.165, 1.54) is 18.2 Å². The van der Waals surface area contributed by atoms with Crippen molar-refractivity contribution in [2.45, 2.75) is 4.90 Å². The predicted octanol–water partition coefficient (Wildman–Crippen LogP) is 0.591. The Hall–Kier alpha value is -1.66. The van der Waals surface area contributed by atoms with Crippen molar-refractivity contribution in [1.29, 1.82) is 5.26 Å². The SMILES string of the molecule is N#Cc1ccc(S(=O)(=O)NCCOCC(=O)O)cc1Cl. The number of carbonyl (C=O) groups is 1. The number of nitrogens with one attached hydrogen (secondary N) is 1. The van der Waals surface area contributed by atoms with Crippen LogP contribution in [0.5, 0.6) is 0 Å². The van der Waals surface area contributed by atoms with Crippen LogP contribution in [0.1, 0.15) is 5.56 Å². The van der Waals surface area contributed by atoms with Gasteiger partial charge in [0.25, 0.3) is 0 Å². The third-order valence-corrected chi connectivity index (χ3v) is 3.91. The second kappa shape index (κ2) is 7.21. The molecule has 0 unspecified atom stereocenters. The molecule has 0 radical (unpaired) electrons. The number of carboxylic acids is 1. The van der Waals surface area contributed by atoms with Crippen molar-refractivity contribution in [3.63, 3.8) is 0 Å². The van der Waals surface area contributed by atoms with Gasteiger partial charge in [-0.15, -0.1) is 0 Å². The summed E-state index contributed by atoms with van der Waals surface area (Å²) in [4.78, 5) is 10.1.